The first-order chi connectivity index (χ1) is 14.3. The van der Waals surface area contributed by atoms with Crippen molar-refractivity contribution in [2.75, 3.05) is 17.2 Å². The van der Waals surface area contributed by atoms with Gasteiger partial charge in [-0.25, -0.2) is 0 Å². The first kappa shape index (κ1) is 21.0. The maximum absolute atomic E-state index is 12.4. The normalized spacial score (nSPS) is 10.5. The largest absolute Gasteiger partial charge is 0.352 e. The van der Waals surface area contributed by atoms with Crippen molar-refractivity contribution in [3.05, 3.63) is 90.5 Å². The van der Waals surface area contributed by atoms with Crippen LogP contribution in [-0.2, 0) is 0 Å². The van der Waals surface area contributed by atoms with Gasteiger partial charge in [0.25, 0.3) is 5.91 Å². The predicted molar refractivity (Wildman–Crippen MR) is 126 cm³/mol. The summed E-state index contributed by atoms with van der Waals surface area (Å²) in [6, 6.07) is 28.3. The third-order valence-electron chi connectivity index (χ3n) is 4.79. The number of carbonyl (C=O) groups is 1. The van der Waals surface area contributed by atoms with Crippen molar-refractivity contribution in [1.82, 2.24) is 5.32 Å². The molecule has 3 aromatic carbocycles. The quantitative estimate of drug-likeness (QED) is 0.304. The zero-order valence-corrected chi connectivity index (χ0v) is 17.5. The zero-order valence-electron chi connectivity index (χ0n) is 16.6. The predicted octanol–water partition coefficient (Wildman–Crippen LogP) is 6.38. The summed E-state index contributed by atoms with van der Waals surface area (Å²) in [4.78, 5) is 14.6. The van der Waals surface area contributed by atoms with Gasteiger partial charge in [-0.05, 0) is 67.1 Å². The van der Waals surface area contributed by atoms with E-state index in [0.29, 0.717) is 12.1 Å². The smallest absolute Gasteiger partial charge is 0.251 e. The molecule has 0 aliphatic heterocycles. The van der Waals surface area contributed by atoms with Crippen LogP contribution in [0.3, 0.4) is 0 Å². The number of nitrogens with zero attached hydrogens (tertiary/aromatic N) is 1. The maximum atomic E-state index is 12.4. The Labute approximate surface area is 179 Å². The monoisotopic (exact) mass is 404 g/mol. The van der Waals surface area contributed by atoms with Gasteiger partial charge < -0.3 is 10.2 Å². The van der Waals surface area contributed by atoms with E-state index in [-0.39, 0.29) is 5.91 Å². The molecular weight excluding hydrogens is 376 g/mol. The molecule has 0 unspecified atom stereocenters. The Bertz CT molecular complexity index is 827. The van der Waals surface area contributed by atoms with E-state index >= 15 is 0 Å². The standard InChI is InChI=1S/C25H28N2OS/c28-25(26-19-9-1-2-10-20-29)21-15-17-24(18-16-21)27(22-11-5-3-6-12-22)23-13-7-4-8-14-23/h3-8,11-18,29H,1-2,9-10,19-20H2,(H,26,28). The van der Waals surface area contributed by atoms with E-state index < -0.39 is 0 Å². The molecule has 3 nitrogen and oxygen atoms in total. The minimum Gasteiger partial charge on any atom is -0.352 e. The average molecular weight is 405 g/mol. The number of benzene rings is 3. The molecule has 1 amide bonds. The van der Waals surface area contributed by atoms with Gasteiger partial charge in [-0.15, -0.1) is 0 Å². The third kappa shape index (κ3) is 6.13. The number of rotatable bonds is 10. The minimum atomic E-state index is -0.0169. The van der Waals surface area contributed by atoms with E-state index in [2.05, 4.69) is 47.1 Å². The number of para-hydroxylation sites is 2. The summed E-state index contributed by atoms with van der Waals surface area (Å²) in [7, 11) is 0. The molecule has 0 saturated carbocycles. The Hall–Kier alpha value is -2.72. The fraction of sp³-hybridized carbons (Fsp3) is 0.240. The van der Waals surface area contributed by atoms with Gasteiger partial charge in [-0.3, -0.25) is 4.79 Å². The maximum Gasteiger partial charge on any atom is 0.251 e. The van der Waals surface area contributed by atoms with Crippen LogP contribution in [0.15, 0.2) is 84.9 Å². The van der Waals surface area contributed by atoms with Crippen molar-refractivity contribution in [2.45, 2.75) is 25.7 Å². The van der Waals surface area contributed by atoms with Gasteiger partial charge in [-0.2, -0.15) is 12.6 Å². The van der Waals surface area contributed by atoms with Gasteiger partial charge in [-0.1, -0.05) is 49.2 Å². The van der Waals surface area contributed by atoms with Gasteiger partial charge >= 0.3 is 0 Å². The first-order valence-corrected chi connectivity index (χ1v) is 10.8. The van der Waals surface area contributed by atoms with Crippen molar-refractivity contribution in [2.24, 2.45) is 0 Å². The van der Waals surface area contributed by atoms with Crippen molar-refractivity contribution in [3.8, 4) is 0 Å². The van der Waals surface area contributed by atoms with Crippen molar-refractivity contribution in [3.63, 3.8) is 0 Å². The number of thiol groups is 1. The molecule has 0 heterocycles. The number of hydrogen-bond acceptors (Lipinski definition) is 3. The van der Waals surface area contributed by atoms with Crippen LogP contribution in [0.5, 0.6) is 0 Å². The van der Waals surface area contributed by atoms with Crippen LogP contribution in [0, 0.1) is 0 Å². The molecule has 4 heteroatoms. The molecule has 0 spiro atoms. The molecule has 29 heavy (non-hydrogen) atoms. The summed E-state index contributed by atoms with van der Waals surface area (Å²) >= 11 is 4.22. The van der Waals surface area contributed by atoms with E-state index in [4.69, 9.17) is 0 Å². The van der Waals surface area contributed by atoms with Crippen LogP contribution in [0.2, 0.25) is 0 Å². The van der Waals surface area contributed by atoms with Gasteiger partial charge in [0.05, 0.1) is 0 Å². The van der Waals surface area contributed by atoms with Crippen molar-refractivity contribution >= 4 is 35.6 Å². The van der Waals surface area contributed by atoms with Gasteiger partial charge in [0.1, 0.15) is 0 Å². The van der Waals surface area contributed by atoms with Crippen LogP contribution in [-0.4, -0.2) is 18.2 Å². The molecule has 0 aromatic heterocycles. The lowest BCUT2D eigenvalue weighted by Crippen LogP contribution is -2.24. The van der Waals surface area contributed by atoms with E-state index in [0.717, 1.165) is 42.1 Å². The lowest BCUT2D eigenvalue weighted by molar-refractivity contribution is 0.0953. The van der Waals surface area contributed by atoms with Crippen molar-refractivity contribution in [1.29, 1.82) is 0 Å². The fourth-order valence-corrected chi connectivity index (χ4v) is 3.48. The second-order valence-electron chi connectivity index (χ2n) is 6.95. The lowest BCUT2D eigenvalue weighted by atomic mass is 10.1. The van der Waals surface area contributed by atoms with Crippen molar-refractivity contribution < 1.29 is 4.79 Å². The molecule has 0 saturated heterocycles. The van der Waals surface area contributed by atoms with E-state index in [1.54, 1.807) is 0 Å². The summed E-state index contributed by atoms with van der Waals surface area (Å²) in [5.41, 5.74) is 3.87. The second-order valence-corrected chi connectivity index (χ2v) is 7.39. The van der Waals surface area contributed by atoms with Gasteiger partial charge in [0.15, 0.2) is 0 Å². The van der Waals surface area contributed by atoms with Crippen LogP contribution < -0.4 is 10.2 Å². The summed E-state index contributed by atoms with van der Waals surface area (Å²) in [5.74, 6) is 0.915. The van der Waals surface area contributed by atoms with Gasteiger partial charge in [0, 0.05) is 29.2 Å². The Morgan fingerprint density at radius 3 is 1.76 bits per heavy atom. The molecule has 0 bridgehead atoms. The highest BCUT2D eigenvalue weighted by Gasteiger charge is 2.12. The number of anilines is 3. The first-order valence-electron chi connectivity index (χ1n) is 10.2. The molecule has 3 aromatic rings. The minimum absolute atomic E-state index is 0.0169. The number of carbonyl (C=O) groups excluding carboxylic acids is 1. The number of amides is 1. The molecule has 3 rings (SSSR count). The highest BCUT2D eigenvalue weighted by molar-refractivity contribution is 7.80. The molecule has 1 N–H and O–H groups in total. The van der Waals surface area contributed by atoms with E-state index in [9.17, 15) is 4.79 Å². The Morgan fingerprint density at radius 1 is 0.690 bits per heavy atom. The Kier molecular flexibility index (Phi) is 8.20. The molecule has 0 atom stereocenters. The van der Waals surface area contributed by atoms with Crippen LogP contribution >= 0.6 is 12.6 Å². The second kappa shape index (κ2) is 11.3. The Balaban J connectivity index is 1.69. The number of nitrogens with one attached hydrogen (secondary N) is 1. The number of unbranched alkanes of at least 4 members (excludes halogenated alkanes) is 3. The highest BCUT2D eigenvalue weighted by atomic mass is 32.1. The third-order valence-corrected chi connectivity index (χ3v) is 5.10. The molecule has 0 radical (unpaired) electrons. The zero-order chi connectivity index (χ0) is 20.3. The molecule has 0 fully saturated rings. The lowest BCUT2D eigenvalue weighted by Gasteiger charge is -2.25. The van der Waals surface area contributed by atoms with Crippen LogP contribution in [0.1, 0.15) is 36.0 Å². The van der Waals surface area contributed by atoms with E-state index in [1.807, 2.05) is 60.7 Å². The number of hydrogen-bond donors (Lipinski definition) is 2. The van der Waals surface area contributed by atoms with E-state index in [1.165, 1.54) is 6.42 Å². The molecular formula is C25H28N2OS. The summed E-state index contributed by atoms with van der Waals surface area (Å²) < 4.78 is 0. The molecule has 150 valence electrons. The summed E-state index contributed by atoms with van der Waals surface area (Å²) in [6.07, 6.45) is 4.44. The SMILES string of the molecule is O=C(NCCCCCCS)c1ccc(N(c2ccccc2)c2ccccc2)cc1. The van der Waals surface area contributed by atoms with Crippen LogP contribution in [0.25, 0.3) is 0 Å². The van der Waals surface area contributed by atoms with Crippen LogP contribution in [0.4, 0.5) is 17.1 Å². The summed E-state index contributed by atoms with van der Waals surface area (Å²) in [6.45, 7) is 0.716. The summed E-state index contributed by atoms with van der Waals surface area (Å²) in [5, 5.41) is 3.02. The highest BCUT2D eigenvalue weighted by Crippen LogP contribution is 2.33. The average Bonchev–Trinajstić information content (AvgIpc) is 2.78. The van der Waals surface area contributed by atoms with Gasteiger partial charge in [0.2, 0.25) is 0 Å². The molecule has 0 aliphatic carbocycles. The molecule has 0 aliphatic rings. The Morgan fingerprint density at radius 2 is 1.21 bits per heavy atom. The topological polar surface area (TPSA) is 32.3 Å². The fourth-order valence-electron chi connectivity index (χ4n) is 3.26.